The summed E-state index contributed by atoms with van der Waals surface area (Å²) in [5, 5.41) is 12.5. The molecular weight excluding hydrogens is 248 g/mol. The second-order valence-electron chi connectivity index (χ2n) is 4.46. The number of ether oxygens (including phenoxy) is 2. The van der Waals surface area contributed by atoms with Crippen LogP contribution in [0.3, 0.4) is 0 Å². The quantitative estimate of drug-likeness (QED) is 0.808. The minimum absolute atomic E-state index is 0.252. The fourth-order valence-electron chi connectivity index (χ4n) is 1.97. The number of amides is 1. The van der Waals surface area contributed by atoms with E-state index in [-0.39, 0.29) is 18.6 Å². The summed E-state index contributed by atoms with van der Waals surface area (Å²) in [5.74, 6) is -0.288. The average molecular weight is 266 g/mol. The molecule has 1 fully saturated rings. The number of aliphatic hydroxyl groups excluding tert-OH is 1. The maximum atomic E-state index is 12.0. The largest absolute Gasteiger partial charge is 0.389 e. The second-order valence-corrected chi connectivity index (χ2v) is 4.46. The van der Waals surface area contributed by atoms with Crippen molar-refractivity contribution in [2.75, 3.05) is 20.3 Å². The lowest BCUT2D eigenvalue weighted by Crippen LogP contribution is -2.48. The van der Waals surface area contributed by atoms with Gasteiger partial charge >= 0.3 is 0 Å². The zero-order chi connectivity index (χ0) is 13.7. The number of hydrogen-bond donors (Lipinski definition) is 2. The molecule has 1 saturated heterocycles. The number of nitrogens with one attached hydrogen (secondary N) is 1. The summed E-state index contributed by atoms with van der Waals surface area (Å²) in [5.41, 5.74) is 1.02. The van der Waals surface area contributed by atoms with E-state index >= 15 is 0 Å². The van der Waals surface area contributed by atoms with Gasteiger partial charge in [-0.25, -0.2) is 4.98 Å². The second kappa shape index (κ2) is 6.60. The lowest BCUT2D eigenvalue weighted by atomic mass is 10.1. The predicted molar refractivity (Wildman–Crippen MR) is 67.6 cm³/mol. The summed E-state index contributed by atoms with van der Waals surface area (Å²) in [4.78, 5) is 16.3. The van der Waals surface area contributed by atoms with E-state index in [1.807, 2.05) is 0 Å². The molecule has 2 heterocycles. The molecular formula is C13H18N2O4. The maximum Gasteiger partial charge on any atom is 0.270 e. The third-order valence-corrected chi connectivity index (χ3v) is 2.97. The first-order chi connectivity index (χ1) is 9.20. The van der Waals surface area contributed by atoms with Crippen molar-refractivity contribution in [3.05, 3.63) is 29.6 Å². The molecule has 1 aromatic rings. The highest BCUT2D eigenvalue weighted by Crippen LogP contribution is 2.09. The molecule has 0 aliphatic carbocycles. The number of rotatable bonds is 4. The van der Waals surface area contributed by atoms with Crippen LogP contribution in [0.1, 0.15) is 22.6 Å². The molecule has 104 valence electrons. The van der Waals surface area contributed by atoms with Gasteiger partial charge in [0.05, 0.1) is 31.1 Å². The summed E-state index contributed by atoms with van der Waals surface area (Å²) in [7, 11) is 1.58. The number of carbonyl (C=O) groups excluding carboxylic acids is 1. The topological polar surface area (TPSA) is 80.7 Å². The minimum Gasteiger partial charge on any atom is -0.389 e. The highest BCUT2D eigenvalue weighted by molar-refractivity contribution is 5.92. The molecule has 2 N–H and O–H groups in total. The molecule has 1 aliphatic rings. The molecule has 6 heteroatoms. The summed E-state index contributed by atoms with van der Waals surface area (Å²) >= 11 is 0. The summed E-state index contributed by atoms with van der Waals surface area (Å²) < 4.78 is 10.1. The molecule has 0 spiro atoms. The van der Waals surface area contributed by atoms with Crippen LogP contribution in [-0.4, -0.2) is 48.5 Å². The van der Waals surface area contributed by atoms with Gasteiger partial charge in [-0.1, -0.05) is 6.07 Å². The van der Waals surface area contributed by atoms with Crippen molar-refractivity contribution in [1.82, 2.24) is 10.3 Å². The van der Waals surface area contributed by atoms with Crippen molar-refractivity contribution in [2.45, 2.75) is 25.2 Å². The van der Waals surface area contributed by atoms with Crippen LogP contribution in [0.5, 0.6) is 0 Å². The standard InChI is InChI=1S/C13H18N2O4/c1-18-7-9-3-2-4-11(14-9)13(17)15-10-5-6-19-8-12(10)16/h2-4,10,12,16H,5-8H2,1H3,(H,15,17)/t10-,12-/m1/s1. The SMILES string of the molecule is COCc1cccc(C(=O)N[C@@H]2CCOC[C@H]2O)n1. The first-order valence-electron chi connectivity index (χ1n) is 6.22. The molecule has 2 rings (SSSR count). The van der Waals surface area contributed by atoms with Gasteiger partial charge in [0.1, 0.15) is 5.69 Å². The normalized spacial score (nSPS) is 23.1. The highest BCUT2D eigenvalue weighted by Gasteiger charge is 2.25. The van der Waals surface area contributed by atoms with E-state index in [2.05, 4.69) is 10.3 Å². The smallest absolute Gasteiger partial charge is 0.270 e. The molecule has 0 aromatic carbocycles. The fraction of sp³-hybridized carbons (Fsp3) is 0.538. The van der Waals surface area contributed by atoms with E-state index in [4.69, 9.17) is 9.47 Å². The van der Waals surface area contributed by atoms with E-state index in [0.717, 1.165) is 0 Å². The Morgan fingerprint density at radius 2 is 2.47 bits per heavy atom. The Kier molecular flexibility index (Phi) is 4.84. The van der Waals surface area contributed by atoms with Crippen LogP contribution in [0, 0.1) is 0 Å². The maximum absolute atomic E-state index is 12.0. The summed E-state index contributed by atoms with van der Waals surface area (Å²) in [6.07, 6.45) is -0.0649. The molecule has 0 bridgehead atoms. The van der Waals surface area contributed by atoms with E-state index in [1.165, 1.54) is 0 Å². The fourth-order valence-corrected chi connectivity index (χ4v) is 1.97. The van der Waals surface area contributed by atoms with Crippen molar-refractivity contribution in [3.63, 3.8) is 0 Å². The van der Waals surface area contributed by atoms with Gasteiger partial charge in [0, 0.05) is 13.7 Å². The van der Waals surface area contributed by atoms with Crippen LogP contribution < -0.4 is 5.32 Å². The zero-order valence-electron chi connectivity index (χ0n) is 10.8. The van der Waals surface area contributed by atoms with Crippen LogP contribution in [-0.2, 0) is 16.1 Å². The van der Waals surface area contributed by atoms with Crippen LogP contribution in [0.25, 0.3) is 0 Å². The lowest BCUT2D eigenvalue weighted by Gasteiger charge is -2.28. The van der Waals surface area contributed by atoms with Crippen LogP contribution in [0.15, 0.2) is 18.2 Å². The number of aliphatic hydroxyl groups is 1. The van der Waals surface area contributed by atoms with Crippen molar-refractivity contribution in [3.8, 4) is 0 Å². The van der Waals surface area contributed by atoms with Crippen LogP contribution >= 0.6 is 0 Å². The van der Waals surface area contributed by atoms with Crippen molar-refractivity contribution in [1.29, 1.82) is 0 Å². The Morgan fingerprint density at radius 1 is 1.63 bits per heavy atom. The van der Waals surface area contributed by atoms with Crippen molar-refractivity contribution < 1.29 is 19.4 Å². The van der Waals surface area contributed by atoms with Gasteiger partial charge in [-0.2, -0.15) is 0 Å². The van der Waals surface area contributed by atoms with Gasteiger partial charge in [0.2, 0.25) is 0 Å². The van der Waals surface area contributed by atoms with Crippen LogP contribution in [0.2, 0.25) is 0 Å². The van der Waals surface area contributed by atoms with E-state index in [9.17, 15) is 9.90 Å². The van der Waals surface area contributed by atoms with E-state index in [1.54, 1.807) is 25.3 Å². The number of carbonyl (C=O) groups is 1. The Balaban J connectivity index is 2.00. The van der Waals surface area contributed by atoms with E-state index < -0.39 is 6.10 Å². The third-order valence-electron chi connectivity index (χ3n) is 2.97. The van der Waals surface area contributed by atoms with Gasteiger partial charge in [0.25, 0.3) is 5.91 Å². The van der Waals surface area contributed by atoms with Gasteiger partial charge in [-0.15, -0.1) is 0 Å². The Hall–Kier alpha value is -1.50. The lowest BCUT2D eigenvalue weighted by molar-refractivity contribution is -0.0261. The van der Waals surface area contributed by atoms with Crippen LogP contribution in [0.4, 0.5) is 0 Å². The molecule has 1 amide bonds. The zero-order valence-corrected chi connectivity index (χ0v) is 10.8. The Bertz CT molecular complexity index is 438. The van der Waals surface area contributed by atoms with Crippen molar-refractivity contribution >= 4 is 5.91 Å². The molecule has 19 heavy (non-hydrogen) atoms. The van der Waals surface area contributed by atoms with Gasteiger partial charge < -0.3 is 19.9 Å². The number of nitrogens with zero attached hydrogens (tertiary/aromatic N) is 1. The summed E-state index contributed by atoms with van der Waals surface area (Å²) in [6.45, 7) is 1.16. The monoisotopic (exact) mass is 266 g/mol. The molecule has 2 atom stereocenters. The van der Waals surface area contributed by atoms with Gasteiger partial charge in [-0.05, 0) is 18.6 Å². The first kappa shape index (κ1) is 13.9. The molecule has 0 saturated carbocycles. The molecule has 0 unspecified atom stereocenters. The Labute approximate surface area is 111 Å². The number of aromatic nitrogens is 1. The van der Waals surface area contributed by atoms with E-state index in [0.29, 0.717) is 31.0 Å². The minimum atomic E-state index is -0.667. The van der Waals surface area contributed by atoms with Gasteiger partial charge in [0.15, 0.2) is 0 Å². The molecule has 6 nitrogen and oxygen atoms in total. The van der Waals surface area contributed by atoms with Crippen molar-refractivity contribution in [2.24, 2.45) is 0 Å². The number of hydrogen-bond acceptors (Lipinski definition) is 5. The Morgan fingerprint density at radius 3 is 3.21 bits per heavy atom. The van der Waals surface area contributed by atoms with Gasteiger partial charge in [-0.3, -0.25) is 4.79 Å². The molecule has 1 aromatic heterocycles. The highest BCUT2D eigenvalue weighted by atomic mass is 16.5. The number of pyridine rings is 1. The average Bonchev–Trinajstić information content (AvgIpc) is 2.42. The third kappa shape index (κ3) is 3.73. The molecule has 1 aliphatic heterocycles. The summed E-state index contributed by atoms with van der Waals surface area (Å²) in [6, 6.07) is 4.91. The number of methoxy groups -OCH3 is 1. The first-order valence-corrected chi connectivity index (χ1v) is 6.22. The predicted octanol–water partition coefficient (Wildman–Crippen LogP) is 0.108. The molecule has 0 radical (unpaired) electrons.